The zero-order chi connectivity index (χ0) is 21.1. The van der Waals surface area contributed by atoms with E-state index in [0.717, 1.165) is 4.74 Å². The Hall–Kier alpha value is -2.97. The van der Waals surface area contributed by atoms with Gasteiger partial charge >= 0.3 is 0 Å². The van der Waals surface area contributed by atoms with Crippen LogP contribution in [0.25, 0.3) is 0 Å². The van der Waals surface area contributed by atoms with E-state index in [1.165, 1.54) is 13.2 Å². The van der Waals surface area contributed by atoms with Crippen LogP contribution in [0, 0.1) is 11.0 Å². The Morgan fingerprint density at radius 1 is 1.23 bits per heavy atom. The Bertz CT molecular complexity index is 1050. The van der Waals surface area contributed by atoms with Crippen LogP contribution >= 0.6 is 11.6 Å². The number of rotatable bonds is 3. The van der Waals surface area contributed by atoms with Gasteiger partial charge in [-0.2, -0.15) is 4.74 Å². The van der Waals surface area contributed by atoms with Crippen molar-refractivity contribution in [2.24, 2.45) is 10.1 Å². The maximum atomic E-state index is 14.6. The number of hydroxylamine groups is 1. The van der Waals surface area contributed by atoms with Crippen molar-refractivity contribution in [2.45, 2.75) is 0 Å². The summed E-state index contributed by atoms with van der Waals surface area (Å²) in [6.07, 6.45) is 0. The molecule has 0 radical (unpaired) electrons. The van der Waals surface area contributed by atoms with Crippen molar-refractivity contribution >= 4 is 34.5 Å². The summed E-state index contributed by atoms with van der Waals surface area (Å²) in [6, 6.07) is 11.2. The number of amidine groups is 1. The minimum absolute atomic E-state index is 0.129. The smallest absolute Gasteiger partial charge is 0.231 e. The number of nitrogens with zero attached hydrogens (tertiary/aromatic N) is 4. The third kappa shape index (κ3) is 4.01. The normalized spacial score (nSPS) is 17.4. The van der Waals surface area contributed by atoms with Crippen molar-refractivity contribution in [3.8, 4) is 0 Å². The van der Waals surface area contributed by atoms with Crippen molar-refractivity contribution in [1.29, 1.82) is 0 Å². The molecule has 1 fully saturated rings. The van der Waals surface area contributed by atoms with E-state index in [4.69, 9.17) is 26.2 Å². The molecule has 0 N–H and O–H groups in total. The van der Waals surface area contributed by atoms with Crippen LogP contribution in [0.2, 0.25) is 5.02 Å². The van der Waals surface area contributed by atoms with E-state index in [0.29, 0.717) is 54.1 Å². The van der Waals surface area contributed by atoms with Gasteiger partial charge in [0.15, 0.2) is 18.1 Å². The standard InChI is InChI=1S/C21H20ClFN4O3/c1-29-25-21(26-8-10-30-11-9-26)19-13-27(28)20(15-4-2-3-5-17(15)23)16-12-14(22)6-7-18(16)24-19/h2-7,12H,8-11,13H2,1H3. The molecule has 9 heteroatoms. The molecule has 1 saturated heterocycles. The van der Waals surface area contributed by atoms with Gasteiger partial charge in [-0.1, -0.05) is 28.9 Å². The molecule has 0 aliphatic carbocycles. The summed E-state index contributed by atoms with van der Waals surface area (Å²) in [7, 11) is 1.44. The molecule has 0 aromatic heterocycles. The molecule has 0 bridgehead atoms. The number of hydrogen-bond donors (Lipinski definition) is 0. The highest BCUT2D eigenvalue weighted by molar-refractivity contribution is 6.42. The maximum absolute atomic E-state index is 14.6. The van der Waals surface area contributed by atoms with Gasteiger partial charge in [-0.15, -0.1) is 0 Å². The lowest BCUT2D eigenvalue weighted by molar-refractivity contribution is -0.438. The van der Waals surface area contributed by atoms with Gasteiger partial charge in [-0.25, -0.2) is 9.38 Å². The zero-order valence-corrected chi connectivity index (χ0v) is 17.1. The van der Waals surface area contributed by atoms with Crippen molar-refractivity contribution in [3.63, 3.8) is 0 Å². The average Bonchev–Trinajstić information content (AvgIpc) is 2.89. The van der Waals surface area contributed by atoms with Crippen molar-refractivity contribution in [3.05, 3.63) is 69.6 Å². The molecule has 2 aromatic rings. The molecule has 2 aliphatic heterocycles. The SMILES string of the molecule is CON=C(C1=Nc2ccc(Cl)cc2C(c2ccccc2F)=[N+]([O-])C1)N1CCOCC1. The second-order valence-corrected chi connectivity index (χ2v) is 7.22. The molecule has 7 nitrogen and oxygen atoms in total. The van der Waals surface area contributed by atoms with Crippen LogP contribution in [-0.2, 0) is 9.57 Å². The van der Waals surface area contributed by atoms with Crippen molar-refractivity contribution < 1.29 is 18.7 Å². The first-order valence-corrected chi connectivity index (χ1v) is 9.84. The summed E-state index contributed by atoms with van der Waals surface area (Å²) in [4.78, 5) is 11.7. The highest BCUT2D eigenvalue weighted by Gasteiger charge is 2.31. The van der Waals surface area contributed by atoms with Gasteiger partial charge in [-0.3, -0.25) is 0 Å². The minimum atomic E-state index is -0.498. The Labute approximate surface area is 178 Å². The maximum Gasteiger partial charge on any atom is 0.231 e. The molecule has 0 amide bonds. The summed E-state index contributed by atoms with van der Waals surface area (Å²) < 4.78 is 20.8. The molecule has 0 spiro atoms. The lowest BCUT2D eigenvalue weighted by atomic mass is 10.00. The fourth-order valence-electron chi connectivity index (χ4n) is 3.53. The van der Waals surface area contributed by atoms with Crippen LogP contribution in [0.3, 0.4) is 0 Å². The zero-order valence-electron chi connectivity index (χ0n) is 16.3. The molecule has 2 aromatic carbocycles. The molecule has 2 aliphatic rings. The number of aliphatic imine (C=N–C) groups is 1. The summed E-state index contributed by atoms with van der Waals surface area (Å²) >= 11 is 6.20. The van der Waals surface area contributed by atoms with Crippen molar-refractivity contribution in [1.82, 2.24) is 4.90 Å². The van der Waals surface area contributed by atoms with Crippen molar-refractivity contribution in [2.75, 3.05) is 40.0 Å². The number of fused-ring (bicyclic) bond motifs is 1. The number of halogens is 2. The summed E-state index contributed by atoms with van der Waals surface area (Å²) in [5.74, 6) is -0.0426. The quantitative estimate of drug-likeness (QED) is 0.246. The molecule has 0 saturated carbocycles. The molecule has 4 rings (SSSR count). The van der Waals surface area contributed by atoms with Crippen LogP contribution in [0.1, 0.15) is 11.1 Å². The van der Waals surface area contributed by atoms with Gasteiger partial charge < -0.3 is 19.7 Å². The molecule has 30 heavy (non-hydrogen) atoms. The second kappa shape index (κ2) is 8.81. The van der Waals surface area contributed by atoms with Crippen LogP contribution < -0.4 is 0 Å². The van der Waals surface area contributed by atoms with E-state index in [1.54, 1.807) is 36.4 Å². The predicted molar refractivity (Wildman–Crippen MR) is 113 cm³/mol. The van der Waals surface area contributed by atoms with Gasteiger partial charge in [0.1, 0.15) is 12.9 Å². The monoisotopic (exact) mass is 430 g/mol. The summed E-state index contributed by atoms with van der Waals surface area (Å²) in [5, 5.41) is 17.9. The molecular formula is C21H20ClFN4O3. The lowest BCUT2D eigenvalue weighted by Crippen LogP contribution is -2.46. The van der Waals surface area contributed by atoms with Gasteiger partial charge in [0.25, 0.3) is 0 Å². The first-order chi connectivity index (χ1) is 14.6. The Balaban J connectivity index is 1.88. The van der Waals surface area contributed by atoms with E-state index in [-0.39, 0.29) is 17.8 Å². The number of oxime groups is 1. The first kappa shape index (κ1) is 20.3. The van der Waals surface area contributed by atoms with Crippen LogP contribution in [-0.4, -0.2) is 66.9 Å². The topological polar surface area (TPSA) is 72.5 Å². The highest BCUT2D eigenvalue weighted by Crippen LogP contribution is 2.29. The Kier molecular flexibility index (Phi) is 5.96. The molecule has 2 heterocycles. The van der Waals surface area contributed by atoms with E-state index in [9.17, 15) is 9.60 Å². The molecular weight excluding hydrogens is 411 g/mol. The van der Waals surface area contributed by atoms with E-state index in [1.807, 2.05) is 4.90 Å². The Morgan fingerprint density at radius 2 is 2.00 bits per heavy atom. The van der Waals surface area contributed by atoms with Gasteiger partial charge in [0, 0.05) is 18.1 Å². The largest absolute Gasteiger partial charge is 0.623 e. The fraction of sp³-hybridized carbons (Fsp3) is 0.286. The summed E-state index contributed by atoms with van der Waals surface area (Å²) in [6.45, 7) is 2.14. The van der Waals surface area contributed by atoms with E-state index in [2.05, 4.69) is 5.16 Å². The minimum Gasteiger partial charge on any atom is -0.623 e. The fourth-order valence-corrected chi connectivity index (χ4v) is 3.71. The molecule has 0 unspecified atom stereocenters. The van der Waals surface area contributed by atoms with Gasteiger partial charge in [0.2, 0.25) is 5.71 Å². The van der Waals surface area contributed by atoms with E-state index >= 15 is 0 Å². The number of benzene rings is 2. The lowest BCUT2D eigenvalue weighted by Gasteiger charge is -2.29. The van der Waals surface area contributed by atoms with Crippen LogP contribution in [0.5, 0.6) is 0 Å². The first-order valence-electron chi connectivity index (χ1n) is 9.46. The third-order valence-electron chi connectivity index (χ3n) is 4.89. The average molecular weight is 431 g/mol. The van der Waals surface area contributed by atoms with Gasteiger partial charge in [-0.05, 0) is 30.3 Å². The number of morpholine rings is 1. The number of ether oxygens (including phenoxy) is 1. The Morgan fingerprint density at radius 3 is 2.73 bits per heavy atom. The third-order valence-corrected chi connectivity index (χ3v) is 5.12. The van der Waals surface area contributed by atoms with Crippen LogP contribution in [0.15, 0.2) is 52.6 Å². The van der Waals surface area contributed by atoms with Crippen LogP contribution in [0.4, 0.5) is 10.1 Å². The summed E-state index contributed by atoms with van der Waals surface area (Å²) in [5.41, 5.74) is 1.73. The number of hydrogen-bond acceptors (Lipinski definition) is 5. The molecule has 0 atom stereocenters. The molecule has 156 valence electrons. The predicted octanol–water partition coefficient (Wildman–Crippen LogP) is 3.21. The second-order valence-electron chi connectivity index (χ2n) is 6.78. The highest BCUT2D eigenvalue weighted by atomic mass is 35.5. The van der Waals surface area contributed by atoms with Gasteiger partial charge in [0.05, 0.1) is 30.0 Å². The van der Waals surface area contributed by atoms with E-state index < -0.39 is 5.82 Å².